The first-order chi connectivity index (χ1) is 17.4. The monoisotopic (exact) mass is 568 g/mol. The summed E-state index contributed by atoms with van der Waals surface area (Å²) in [6, 6.07) is 10.8. The second kappa shape index (κ2) is 13.3. The van der Waals surface area contributed by atoms with Gasteiger partial charge in [-0.15, -0.1) is 0 Å². The van der Waals surface area contributed by atoms with Crippen LogP contribution in [0.5, 0.6) is 0 Å². The molecule has 8 nitrogen and oxygen atoms in total. The zero-order valence-corrected chi connectivity index (χ0v) is 26.1. The van der Waals surface area contributed by atoms with Crippen LogP contribution in [-0.4, -0.2) is 62.4 Å². The normalized spacial score (nSPS) is 13.3. The smallest absolute Gasteiger partial charge is 0.372 e. The summed E-state index contributed by atoms with van der Waals surface area (Å²) in [6.07, 6.45) is 7.61. The molecule has 0 aliphatic heterocycles. The van der Waals surface area contributed by atoms with Crippen molar-refractivity contribution in [2.75, 3.05) is 31.1 Å². The molecule has 0 aromatic heterocycles. The Bertz CT molecular complexity index is 1480. The summed E-state index contributed by atoms with van der Waals surface area (Å²) < 4.78 is 69.9. The van der Waals surface area contributed by atoms with E-state index in [1.807, 2.05) is 48.6 Å². The Balaban J connectivity index is 0.00000507. The second-order valence-corrected chi connectivity index (χ2v) is 11.2. The van der Waals surface area contributed by atoms with Gasteiger partial charge in [-0.2, -0.15) is 16.8 Å². The van der Waals surface area contributed by atoms with Crippen molar-refractivity contribution >= 4 is 37.2 Å². The molecular weight excluding hydrogens is 535 g/mol. The Morgan fingerprint density at radius 3 is 1.79 bits per heavy atom. The van der Waals surface area contributed by atoms with Gasteiger partial charge >= 0.3 is 29.6 Å². The third-order valence-electron chi connectivity index (χ3n) is 6.37. The maximum atomic E-state index is 12.4. The molecule has 11 heteroatoms. The van der Waals surface area contributed by atoms with Gasteiger partial charge in [-0.3, -0.25) is 9.11 Å². The summed E-state index contributed by atoms with van der Waals surface area (Å²) in [5.41, 5.74) is 3.96. The number of nitrogens with zero attached hydrogens (tertiary/aromatic N) is 2. The maximum absolute atomic E-state index is 12.4. The van der Waals surface area contributed by atoms with E-state index in [0.29, 0.717) is 16.7 Å². The van der Waals surface area contributed by atoms with E-state index in [4.69, 9.17) is 0 Å². The van der Waals surface area contributed by atoms with Crippen LogP contribution in [0.15, 0.2) is 82.1 Å². The van der Waals surface area contributed by atoms with Crippen LogP contribution < -0.4 is 34.5 Å². The minimum absolute atomic E-state index is 0. The Morgan fingerprint density at radius 1 is 0.789 bits per heavy atom. The number of anilines is 1. The van der Waals surface area contributed by atoms with Crippen molar-refractivity contribution in [1.82, 2.24) is 0 Å². The van der Waals surface area contributed by atoms with Gasteiger partial charge in [0.2, 0.25) is 0 Å². The molecule has 38 heavy (non-hydrogen) atoms. The fraction of sp³-hybridized carbons (Fsp3) is 0.296. The fourth-order valence-corrected chi connectivity index (χ4v) is 5.72. The van der Waals surface area contributed by atoms with Crippen molar-refractivity contribution in [2.45, 2.75) is 37.5 Å². The number of benzene rings is 2. The average molecular weight is 569 g/mol. The topological polar surface area (TPSA) is 115 Å². The molecule has 0 amide bonds. The molecule has 2 aromatic rings. The van der Waals surface area contributed by atoms with Crippen molar-refractivity contribution < 1.29 is 60.1 Å². The number of rotatable bonds is 9. The van der Waals surface area contributed by atoms with Crippen molar-refractivity contribution in [3.63, 3.8) is 0 Å². The van der Waals surface area contributed by atoms with Crippen molar-refractivity contribution in [2.24, 2.45) is 0 Å². The molecule has 0 saturated carbocycles. The molecule has 0 unspecified atom stereocenters. The molecular formula is C27H33N2NaO6S2+2. The van der Waals surface area contributed by atoms with Crippen LogP contribution in [0.3, 0.4) is 0 Å². The van der Waals surface area contributed by atoms with Crippen LogP contribution in [0.25, 0.3) is 5.57 Å². The Kier molecular flexibility index (Phi) is 11.3. The molecule has 198 valence electrons. The first-order valence-electron chi connectivity index (χ1n) is 12.1. The van der Waals surface area contributed by atoms with E-state index in [-0.39, 0.29) is 35.1 Å². The van der Waals surface area contributed by atoms with Gasteiger partial charge in [0.15, 0.2) is 5.71 Å². The first-order valence-corrected chi connectivity index (χ1v) is 15.0. The van der Waals surface area contributed by atoms with Gasteiger partial charge in [0.05, 0.1) is 4.90 Å². The predicted octanol–water partition coefficient (Wildman–Crippen LogP) is 1.45. The van der Waals surface area contributed by atoms with Gasteiger partial charge in [-0.1, -0.05) is 18.2 Å². The van der Waals surface area contributed by atoms with E-state index in [1.165, 1.54) is 6.07 Å². The summed E-state index contributed by atoms with van der Waals surface area (Å²) in [5.74, 6) is 0. The second-order valence-electron chi connectivity index (χ2n) is 8.42. The van der Waals surface area contributed by atoms with E-state index in [0.717, 1.165) is 49.7 Å². The van der Waals surface area contributed by atoms with Crippen LogP contribution in [0.4, 0.5) is 5.69 Å². The standard InChI is InChI=1S/C27H32N2O6S2.Na/c1-5-28(6-2)22-13-9-20(10-14-22)27(21-11-15-23(16-12-21)29(7-3)8-4)25-18-17-24(36(30,31)32)19-26(25)37(33,34)35;/h9-19H,5-8H2,1-4H3,(H-,30,31,32,33,34,35);/q;+1/p+1. The number of allylic oxidation sites excluding steroid dienone is 5. The molecule has 0 fully saturated rings. The van der Waals surface area contributed by atoms with Gasteiger partial charge in [-0.25, -0.2) is 4.58 Å². The molecule has 0 saturated heterocycles. The van der Waals surface area contributed by atoms with E-state index in [9.17, 15) is 25.9 Å². The molecule has 0 heterocycles. The molecule has 0 radical (unpaired) electrons. The zero-order valence-electron chi connectivity index (χ0n) is 22.4. The van der Waals surface area contributed by atoms with E-state index >= 15 is 0 Å². The molecule has 0 atom stereocenters. The maximum Gasteiger partial charge on any atom is 1.00 e. The summed E-state index contributed by atoms with van der Waals surface area (Å²) in [5, 5.41) is 0. The van der Waals surface area contributed by atoms with Crippen molar-refractivity contribution in [3.05, 3.63) is 83.5 Å². The SMILES string of the molecule is CCN(CC)c1ccc(C(=C2C=CC(=[N+](CC)CC)C=C2)c2ccc(S(=O)(=O)O)cc2S(=O)(=O)O)cc1.[Na+]. The van der Waals surface area contributed by atoms with Crippen LogP contribution in [0, 0.1) is 0 Å². The minimum Gasteiger partial charge on any atom is -0.372 e. The molecule has 1 aliphatic rings. The van der Waals surface area contributed by atoms with Gasteiger partial charge in [0, 0.05) is 36.5 Å². The summed E-state index contributed by atoms with van der Waals surface area (Å²) in [6.45, 7) is 11.5. The molecule has 2 aromatic carbocycles. The zero-order chi connectivity index (χ0) is 27.4. The van der Waals surface area contributed by atoms with E-state index in [1.54, 1.807) is 0 Å². The van der Waals surface area contributed by atoms with Crippen LogP contribution in [0.2, 0.25) is 0 Å². The molecule has 2 N–H and O–H groups in total. The van der Waals surface area contributed by atoms with Crippen molar-refractivity contribution in [1.29, 1.82) is 0 Å². The first kappa shape index (κ1) is 32.2. The Labute approximate surface area is 247 Å². The summed E-state index contributed by atoms with van der Waals surface area (Å²) in [7, 11) is -9.54. The molecule has 0 bridgehead atoms. The Morgan fingerprint density at radius 2 is 1.34 bits per heavy atom. The van der Waals surface area contributed by atoms with E-state index < -0.39 is 30.0 Å². The third-order valence-corrected chi connectivity index (χ3v) is 8.11. The summed E-state index contributed by atoms with van der Waals surface area (Å²) >= 11 is 0. The molecule has 0 spiro atoms. The average Bonchev–Trinajstić information content (AvgIpc) is 2.86. The van der Waals surface area contributed by atoms with Gasteiger partial charge in [0.1, 0.15) is 18.0 Å². The fourth-order valence-electron chi connectivity index (χ4n) is 4.42. The molecule has 1 aliphatic carbocycles. The van der Waals surface area contributed by atoms with Gasteiger partial charge in [0.25, 0.3) is 20.2 Å². The number of hydrogen-bond donors (Lipinski definition) is 2. The quantitative estimate of drug-likeness (QED) is 0.267. The van der Waals surface area contributed by atoms with E-state index in [2.05, 4.69) is 37.2 Å². The Hall–Kier alpha value is -2.05. The largest absolute Gasteiger partial charge is 1.00 e. The van der Waals surface area contributed by atoms with Crippen LogP contribution >= 0.6 is 0 Å². The molecule has 3 rings (SSSR count). The van der Waals surface area contributed by atoms with Crippen LogP contribution in [-0.2, 0) is 20.2 Å². The van der Waals surface area contributed by atoms with Crippen molar-refractivity contribution in [3.8, 4) is 0 Å². The summed E-state index contributed by atoms with van der Waals surface area (Å²) in [4.78, 5) is 0.933. The minimum atomic E-state index is -4.85. The third kappa shape index (κ3) is 7.32. The van der Waals surface area contributed by atoms with Gasteiger partial charge < -0.3 is 4.90 Å². The van der Waals surface area contributed by atoms with Crippen LogP contribution in [0.1, 0.15) is 38.8 Å². The van der Waals surface area contributed by atoms with Gasteiger partial charge in [-0.05, 0) is 80.8 Å². The number of hydrogen-bond acceptors (Lipinski definition) is 5. The predicted molar refractivity (Wildman–Crippen MR) is 147 cm³/mol.